The summed E-state index contributed by atoms with van der Waals surface area (Å²) in [6, 6.07) is 4.99. The number of halogens is 2. The maximum atomic E-state index is 12.4. The first kappa shape index (κ1) is 18.8. The molecule has 0 saturated carbocycles. The summed E-state index contributed by atoms with van der Waals surface area (Å²) in [4.78, 5) is 12.4. The van der Waals surface area contributed by atoms with Crippen LogP contribution >= 0.6 is 23.2 Å². The number of anilines is 1. The molecule has 0 atom stereocenters. The molecule has 27 heavy (non-hydrogen) atoms. The number of aromatic nitrogens is 5. The molecule has 3 rings (SSSR count). The Hall–Kier alpha value is -3.02. The number of hydrazone groups is 1. The molecular weight excluding hydrogens is 399 g/mol. The van der Waals surface area contributed by atoms with Gasteiger partial charge in [0.05, 0.1) is 22.9 Å². The average Bonchev–Trinajstić information content (AvgIpc) is 3.23. The summed E-state index contributed by atoms with van der Waals surface area (Å²) in [5.41, 5.74) is 8.68. The smallest absolute Gasteiger partial charge is 0.293 e. The van der Waals surface area contributed by atoms with Gasteiger partial charge in [-0.15, -0.1) is 5.10 Å². The van der Waals surface area contributed by atoms with Crippen LogP contribution in [0.1, 0.15) is 21.7 Å². The van der Waals surface area contributed by atoms with E-state index in [0.29, 0.717) is 15.6 Å². The zero-order valence-electron chi connectivity index (χ0n) is 13.8. The zero-order valence-corrected chi connectivity index (χ0v) is 15.3. The molecule has 0 saturated heterocycles. The van der Waals surface area contributed by atoms with E-state index in [2.05, 4.69) is 35.8 Å². The number of nitrogen functional groups attached to an aromatic ring is 1. The SMILES string of the molecule is COCc1c(C(=O)N/N=C\c2c(Cl)cccc2Cl)nnn1-c1nonc1N. The quantitative estimate of drug-likeness (QED) is 0.458. The molecule has 0 aliphatic rings. The lowest BCUT2D eigenvalue weighted by molar-refractivity contribution is 0.0944. The molecule has 0 spiro atoms. The van der Waals surface area contributed by atoms with E-state index in [1.54, 1.807) is 18.2 Å². The number of nitrogens with two attached hydrogens (primary N) is 1. The van der Waals surface area contributed by atoms with Gasteiger partial charge in [-0.05, 0) is 22.4 Å². The van der Waals surface area contributed by atoms with Gasteiger partial charge in [-0.2, -0.15) is 9.78 Å². The van der Waals surface area contributed by atoms with Crippen molar-refractivity contribution in [3.8, 4) is 5.82 Å². The third-order valence-corrected chi connectivity index (χ3v) is 3.97. The molecule has 3 aromatic rings. The van der Waals surface area contributed by atoms with Gasteiger partial charge in [0.2, 0.25) is 11.6 Å². The second-order valence-electron chi connectivity index (χ2n) is 5.04. The number of carbonyl (C=O) groups is 1. The molecular formula is C14H12Cl2N8O3. The predicted molar refractivity (Wildman–Crippen MR) is 95.9 cm³/mol. The number of ether oxygens (including phenoxy) is 1. The lowest BCUT2D eigenvalue weighted by Crippen LogP contribution is -2.20. The van der Waals surface area contributed by atoms with Crippen molar-refractivity contribution in [2.45, 2.75) is 6.61 Å². The molecule has 1 aromatic carbocycles. The molecule has 2 aromatic heterocycles. The van der Waals surface area contributed by atoms with E-state index in [1.807, 2.05) is 0 Å². The van der Waals surface area contributed by atoms with Crippen LogP contribution in [0.15, 0.2) is 27.9 Å². The summed E-state index contributed by atoms with van der Waals surface area (Å²) in [5.74, 6) is -0.571. The summed E-state index contributed by atoms with van der Waals surface area (Å²) < 4.78 is 10.8. The van der Waals surface area contributed by atoms with Crippen LogP contribution in [0.4, 0.5) is 5.82 Å². The van der Waals surface area contributed by atoms with Crippen LogP contribution in [0, 0.1) is 0 Å². The van der Waals surface area contributed by atoms with E-state index in [4.69, 9.17) is 33.7 Å². The van der Waals surface area contributed by atoms with Gasteiger partial charge in [0.1, 0.15) is 5.69 Å². The number of hydrogen-bond donors (Lipinski definition) is 2. The van der Waals surface area contributed by atoms with Crippen molar-refractivity contribution in [3.05, 3.63) is 45.2 Å². The van der Waals surface area contributed by atoms with Crippen molar-refractivity contribution in [2.75, 3.05) is 12.8 Å². The number of nitrogens with one attached hydrogen (secondary N) is 1. The van der Waals surface area contributed by atoms with E-state index in [1.165, 1.54) is 18.0 Å². The highest BCUT2D eigenvalue weighted by atomic mass is 35.5. The minimum Gasteiger partial charge on any atom is -0.378 e. The lowest BCUT2D eigenvalue weighted by atomic mass is 10.2. The Balaban J connectivity index is 1.84. The molecule has 0 bridgehead atoms. The number of nitrogens with zero attached hydrogens (tertiary/aromatic N) is 6. The van der Waals surface area contributed by atoms with Crippen molar-refractivity contribution in [1.82, 2.24) is 30.7 Å². The summed E-state index contributed by atoms with van der Waals surface area (Å²) in [5, 5.41) is 19.4. The predicted octanol–water partition coefficient (Wildman–Crippen LogP) is 1.45. The molecule has 2 heterocycles. The average molecular weight is 411 g/mol. The van der Waals surface area contributed by atoms with Gasteiger partial charge in [0.25, 0.3) is 5.91 Å². The number of rotatable bonds is 6. The molecule has 11 nitrogen and oxygen atoms in total. The number of carbonyl (C=O) groups excluding carboxylic acids is 1. The fourth-order valence-corrected chi connectivity index (χ4v) is 2.59. The Bertz CT molecular complexity index is 980. The maximum absolute atomic E-state index is 12.4. The first-order chi connectivity index (χ1) is 13.0. The van der Waals surface area contributed by atoms with Gasteiger partial charge in [0, 0.05) is 12.7 Å². The zero-order chi connectivity index (χ0) is 19.4. The van der Waals surface area contributed by atoms with Crippen LogP contribution in [0.5, 0.6) is 0 Å². The van der Waals surface area contributed by atoms with Gasteiger partial charge in [-0.1, -0.05) is 34.5 Å². The molecule has 0 unspecified atom stereocenters. The van der Waals surface area contributed by atoms with Crippen LogP contribution < -0.4 is 11.2 Å². The number of hydrogen-bond acceptors (Lipinski definition) is 9. The molecule has 0 fully saturated rings. The Morgan fingerprint density at radius 1 is 1.41 bits per heavy atom. The molecule has 0 radical (unpaired) electrons. The Morgan fingerprint density at radius 3 is 2.78 bits per heavy atom. The fraction of sp³-hybridized carbons (Fsp3) is 0.143. The standard InChI is InChI=1S/C14H12Cl2N8O3/c1-26-6-10-11(19-23-24(10)13-12(17)21-27-22-13)14(25)20-18-5-7-8(15)3-2-4-9(7)16/h2-5H,6H2,1H3,(H2,17,21)(H,20,25)/b18-5-. The van der Waals surface area contributed by atoms with Gasteiger partial charge in [-0.3, -0.25) is 4.79 Å². The van der Waals surface area contributed by atoms with E-state index in [-0.39, 0.29) is 29.6 Å². The van der Waals surface area contributed by atoms with Crippen molar-refractivity contribution in [1.29, 1.82) is 0 Å². The summed E-state index contributed by atoms with van der Waals surface area (Å²) in [7, 11) is 1.45. The van der Waals surface area contributed by atoms with E-state index in [9.17, 15) is 4.79 Å². The van der Waals surface area contributed by atoms with Gasteiger partial charge < -0.3 is 10.5 Å². The second kappa shape index (κ2) is 8.12. The Labute approximate surface area is 162 Å². The minimum absolute atomic E-state index is 0.00209. The number of benzene rings is 1. The third kappa shape index (κ3) is 3.89. The second-order valence-corrected chi connectivity index (χ2v) is 5.85. The summed E-state index contributed by atoms with van der Waals surface area (Å²) in [6.07, 6.45) is 1.32. The van der Waals surface area contributed by atoms with Gasteiger partial charge in [0.15, 0.2) is 5.69 Å². The van der Waals surface area contributed by atoms with Gasteiger partial charge in [-0.25, -0.2) is 10.1 Å². The normalized spacial score (nSPS) is 11.2. The maximum Gasteiger partial charge on any atom is 0.293 e. The third-order valence-electron chi connectivity index (χ3n) is 3.31. The molecule has 1 amide bonds. The highest BCUT2D eigenvalue weighted by Crippen LogP contribution is 2.22. The fourth-order valence-electron chi connectivity index (χ4n) is 2.09. The monoisotopic (exact) mass is 410 g/mol. The molecule has 140 valence electrons. The molecule has 3 N–H and O–H groups in total. The van der Waals surface area contributed by atoms with E-state index >= 15 is 0 Å². The Morgan fingerprint density at radius 2 is 2.15 bits per heavy atom. The lowest BCUT2D eigenvalue weighted by Gasteiger charge is -2.04. The first-order valence-corrected chi connectivity index (χ1v) is 8.07. The molecule has 0 aliphatic heterocycles. The minimum atomic E-state index is -0.636. The van der Waals surface area contributed by atoms with Crippen molar-refractivity contribution in [2.24, 2.45) is 5.10 Å². The molecule has 13 heteroatoms. The van der Waals surface area contributed by atoms with Crippen LogP contribution in [0.2, 0.25) is 10.0 Å². The topological polar surface area (TPSA) is 146 Å². The first-order valence-electron chi connectivity index (χ1n) is 7.32. The van der Waals surface area contributed by atoms with Crippen LogP contribution in [0.3, 0.4) is 0 Å². The largest absolute Gasteiger partial charge is 0.378 e. The van der Waals surface area contributed by atoms with Crippen molar-refractivity contribution in [3.63, 3.8) is 0 Å². The van der Waals surface area contributed by atoms with Crippen molar-refractivity contribution < 1.29 is 14.2 Å². The van der Waals surface area contributed by atoms with Crippen molar-refractivity contribution >= 4 is 41.1 Å². The van der Waals surface area contributed by atoms with Crippen LogP contribution in [0.25, 0.3) is 5.82 Å². The van der Waals surface area contributed by atoms with E-state index < -0.39 is 5.91 Å². The molecule has 0 aliphatic carbocycles. The summed E-state index contributed by atoms with van der Waals surface area (Å²) >= 11 is 12.1. The highest BCUT2D eigenvalue weighted by molar-refractivity contribution is 6.38. The summed E-state index contributed by atoms with van der Waals surface area (Å²) in [6.45, 7) is 0.00209. The van der Waals surface area contributed by atoms with Crippen LogP contribution in [-0.2, 0) is 11.3 Å². The Kier molecular flexibility index (Phi) is 5.64. The van der Waals surface area contributed by atoms with Gasteiger partial charge >= 0.3 is 0 Å². The number of amides is 1. The van der Waals surface area contributed by atoms with Crippen LogP contribution in [-0.4, -0.2) is 44.5 Å². The van der Waals surface area contributed by atoms with E-state index in [0.717, 1.165) is 0 Å². The highest BCUT2D eigenvalue weighted by Gasteiger charge is 2.23. The number of methoxy groups -OCH3 is 1.